The number of carbonyl (C=O) groups is 4. The van der Waals surface area contributed by atoms with Crippen molar-refractivity contribution in [3.8, 4) is 0 Å². The number of allylic oxidation sites excluding steroid dienone is 2. The first kappa shape index (κ1) is 25.6. The molecule has 22 heavy (non-hydrogen) atoms. The molecule has 0 aliphatic carbocycles. The van der Waals surface area contributed by atoms with E-state index in [-0.39, 0.29) is 23.1 Å². The van der Waals surface area contributed by atoms with Gasteiger partial charge in [0, 0.05) is 13.3 Å². The molecule has 0 unspecified atom stereocenters. The second-order valence-corrected chi connectivity index (χ2v) is 8.17. The van der Waals surface area contributed by atoms with Gasteiger partial charge in [-0.2, -0.15) is 0 Å². The van der Waals surface area contributed by atoms with Crippen LogP contribution in [0.15, 0.2) is 12.2 Å². The van der Waals surface area contributed by atoms with Crippen LogP contribution >= 0.6 is 7.37 Å². The fourth-order valence-electron chi connectivity index (χ4n) is 0.483. The van der Waals surface area contributed by atoms with Crippen molar-refractivity contribution in [3.05, 3.63) is 12.2 Å². The van der Waals surface area contributed by atoms with Crippen LogP contribution in [-0.2, 0) is 23.7 Å². The van der Waals surface area contributed by atoms with Gasteiger partial charge in [-0.3, -0.25) is 23.7 Å². The third-order valence-corrected chi connectivity index (χ3v) is 2.31. The van der Waals surface area contributed by atoms with Gasteiger partial charge in [-0.15, -0.1) is 0 Å². The Hall–Kier alpha value is -1.39. The van der Waals surface area contributed by atoms with Crippen LogP contribution < -0.4 is 0 Å². The summed E-state index contributed by atoms with van der Waals surface area (Å²) in [5.74, 6) is -0.342. The minimum Gasteiger partial charge on any atom is -0.345 e. The van der Waals surface area contributed by atoms with E-state index in [1.807, 2.05) is 0 Å². The Morgan fingerprint density at radius 1 is 0.818 bits per heavy atom. The molecule has 128 valence electrons. The van der Waals surface area contributed by atoms with E-state index >= 15 is 0 Å². The molecule has 0 saturated carbocycles. The van der Waals surface area contributed by atoms with Crippen LogP contribution in [0.1, 0.15) is 41.5 Å². The van der Waals surface area contributed by atoms with E-state index in [1.54, 1.807) is 13.8 Å². The largest absolute Gasteiger partial charge is 0.345 e. The van der Waals surface area contributed by atoms with Gasteiger partial charge in [0.25, 0.3) is 0 Å². The van der Waals surface area contributed by atoms with Gasteiger partial charge < -0.3 is 4.89 Å². The van der Waals surface area contributed by atoms with Gasteiger partial charge in [0.05, 0.1) is 5.41 Å². The number of carbonyl (C=O) groups excluding carboxylic acids is 4. The summed E-state index contributed by atoms with van der Waals surface area (Å²) in [6.07, 6.45) is 2.50. The minimum absolute atomic E-state index is 0.0741. The minimum atomic E-state index is -2.64. The second kappa shape index (κ2) is 11.2. The molecule has 0 saturated heterocycles. The van der Waals surface area contributed by atoms with Crippen LogP contribution in [0.3, 0.4) is 0 Å². The highest BCUT2D eigenvalue weighted by molar-refractivity contribution is 7.56. The number of hydrogen-bond acceptors (Lipinski definition) is 5. The third kappa shape index (κ3) is 23.7. The molecular formula is C15H27O6P. The van der Waals surface area contributed by atoms with Crippen LogP contribution in [0.25, 0.3) is 0 Å². The molecule has 0 aromatic heterocycles. The van der Waals surface area contributed by atoms with Crippen molar-refractivity contribution < 1.29 is 28.6 Å². The normalized spacial score (nSPS) is 10.8. The van der Waals surface area contributed by atoms with E-state index in [0.29, 0.717) is 0 Å². The number of hydrogen-bond donors (Lipinski definition) is 1. The zero-order valence-corrected chi connectivity index (χ0v) is 15.5. The average Bonchev–Trinajstić information content (AvgIpc) is 2.24. The van der Waals surface area contributed by atoms with Crippen LogP contribution in [0.4, 0.5) is 0 Å². The van der Waals surface area contributed by atoms with Crippen molar-refractivity contribution in [2.24, 2.45) is 5.41 Å². The van der Waals surface area contributed by atoms with E-state index in [2.05, 4.69) is 0 Å². The molecule has 0 rings (SSSR count). The maximum atomic E-state index is 10.7. The van der Waals surface area contributed by atoms with E-state index in [9.17, 15) is 23.7 Å². The molecule has 0 aromatic carbocycles. The van der Waals surface area contributed by atoms with Crippen LogP contribution in [-0.4, -0.2) is 41.4 Å². The molecule has 0 aliphatic heterocycles. The zero-order valence-electron chi connectivity index (χ0n) is 14.6. The van der Waals surface area contributed by atoms with Crippen molar-refractivity contribution in [2.75, 3.05) is 13.3 Å². The summed E-state index contributed by atoms with van der Waals surface area (Å²) in [5, 5.41) is 0. The maximum Gasteiger partial charge on any atom is 0.194 e. The summed E-state index contributed by atoms with van der Waals surface area (Å²) in [5.41, 5.74) is -0.778. The molecule has 0 atom stereocenters. The first-order valence-electron chi connectivity index (χ1n) is 6.50. The van der Waals surface area contributed by atoms with Crippen molar-refractivity contribution in [3.63, 3.8) is 0 Å². The van der Waals surface area contributed by atoms with E-state index in [4.69, 9.17) is 4.89 Å². The zero-order chi connectivity index (χ0) is 18.7. The summed E-state index contributed by atoms with van der Waals surface area (Å²) in [7, 11) is -2.64. The standard InChI is InChI=1S/C7H12O2.C6H8O2.C2H7O2P/c1-5(8)7(3,4)6(2)9;1-5(7)3-4-6(2)8;1-5(2,3)4/h1-4H3;3-4H,1-2H3;1-2H3,(H,3,4)/b;4-3+;. The van der Waals surface area contributed by atoms with Gasteiger partial charge in [0.2, 0.25) is 0 Å². The van der Waals surface area contributed by atoms with Gasteiger partial charge >= 0.3 is 0 Å². The van der Waals surface area contributed by atoms with Crippen molar-refractivity contribution in [1.82, 2.24) is 0 Å². The molecule has 0 aliphatic rings. The van der Waals surface area contributed by atoms with Gasteiger partial charge in [-0.1, -0.05) is 0 Å². The highest BCUT2D eigenvalue weighted by atomic mass is 31.2. The maximum absolute atomic E-state index is 10.7. The summed E-state index contributed by atoms with van der Waals surface area (Å²) in [6, 6.07) is 0. The predicted molar refractivity (Wildman–Crippen MR) is 87.3 cm³/mol. The number of Topliss-reactive ketones (excluding diaryl/α,β-unsaturated/α-hetero) is 2. The van der Waals surface area contributed by atoms with Gasteiger partial charge in [0.1, 0.15) is 11.6 Å². The van der Waals surface area contributed by atoms with Crippen LogP contribution in [0.2, 0.25) is 0 Å². The smallest absolute Gasteiger partial charge is 0.194 e. The monoisotopic (exact) mass is 334 g/mol. The van der Waals surface area contributed by atoms with E-state index in [1.165, 1.54) is 53.2 Å². The Bertz CT molecular complexity index is 442. The third-order valence-electron chi connectivity index (χ3n) is 2.31. The highest BCUT2D eigenvalue weighted by Crippen LogP contribution is 2.27. The molecule has 0 fully saturated rings. The van der Waals surface area contributed by atoms with E-state index in [0.717, 1.165) is 0 Å². The predicted octanol–water partition coefficient (Wildman–Crippen LogP) is 2.43. The van der Waals surface area contributed by atoms with Gasteiger partial charge in [0.15, 0.2) is 18.9 Å². The highest BCUT2D eigenvalue weighted by Gasteiger charge is 2.28. The molecule has 0 heterocycles. The van der Waals surface area contributed by atoms with Crippen molar-refractivity contribution in [1.29, 1.82) is 0 Å². The summed E-state index contributed by atoms with van der Waals surface area (Å²) in [6.45, 7) is 11.5. The van der Waals surface area contributed by atoms with Crippen molar-refractivity contribution >= 4 is 30.5 Å². The lowest BCUT2D eigenvalue weighted by Gasteiger charge is -2.15. The van der Waals surface area contributed by atoms with Crippen LogP contribution in [0.5, 0.6) is 0 Å². The van der Waals surface area contributed by atoms with E-state index < -0.39 is 12.8 Å². The molecule has 0 bridgehead atoms. The summed E-state index contributed by atoms with van der Waals surface area (Å²) < 4.78 is 9.77. The fourth-order valence-corrected chi connectivity index (χ4v) is 0.483. The Kier molecular flexibility index (Phi) is 13.0. The molecule has 7 heteroatoms. The SMILES string of the molecule is CC(=O)/C=C/C(C)=O.CC(=O)C(C)(C)C(C)=O.CP(C)(=O)O. The lowest BCUT2D eigenvalue weighted by Crippen LogP contribution is -2.29. The van der Waals surface area contributed by atoms with Gasteiger partial charge in [-0.25, -0.2) is 0 Å². The summed E-state index contributed by atoms with van der Waals surface area (Å²) in [4.78, 5) is 49.7. The molecule has 0 spiro atoms. The van der Waals surface area contributed by atoms with Crippen molar-refractivity contribution in [2.45, 2.75) is 41.5 Å². The fraction of sp³-hybridized carbons (Fsp3) is 0.600. The average molecular weight is 334 g/mol. The second-order valence-electron chi connectivity index (χ2n) is 5.59. The molecule has 1 N–H and O–H groups in total. The summed E-state index contributed by atoms with van der Waals surface area (Å²) >= 11 is 0. The molecule has 0 aromatic rings. The Balaban J connectivity index is -0.000000257. The Labute approximate surface area is 132 Å². The quantitative estimate of drug-likeness (QED) is 0.481. The molecular weight excluding hydrogens is 307 g/mol. The lowest BCUT2D eigenvalue weighted by molar-refractivity contribution is -0.136. The molecule has 0 radical (unpaired) electrons. The topological polar surface area (TPSA) is 106 Å². The van der Waals surface area contributed by atoms with Gasteiger partial charge in [-0.05, 0) is 53.7 Å². The number of ketones is 4. The first-order chi connectivity index (χ1) is 9.51. The first-order valence-corrected chi connectivity index (χ1v) is 9.06. The lowest BCUT2D eigenvalue weighted by atomic mass is 9.85. The Morgan fingerprint density at radius 2 is 1.00 bits per heavy atom. The molecule has 0 amide bonds. The number of rotatable bonds is 4. The molecule has 6 nitrogen and oxygen atoms in total. The Morgan fingerprint density at radius 3 is 1.05 bits per heavy atom. The van der Waals surface area contributed by atoms with Crippen LogP contribution in [0, 0.1) is 5.41 Å².